The third-order valence-corrected chi connectivity index (χ3v) is 5.04. The zero-order valence-corrected chi connectivity index (χ0v) is 15.0. The molecule has 0 fully saturated rings. The van der Waals surface area contributed by atoms with Crippen LogP contribution in [0.25, 0.3) is 0 Å². The van der Waals surface area contributed by atoms with Crippen LogP contribution in [0, 0.1) is 6.92 Å². The van der Waals surface area contributed by atoms with Crippen LogP contribution in [-0.2, 0) is 13.1 Å². The molecule has 1 N–H and O–H groups in total. The van der Waals surface area contributed by atoms with Crippen molar-refractivity contribution < 1.29 is 4.74 Å². The van der Waals surface area contributed by atoms with Gasteiger partial charge in [-0.3, -0.25) is 4.68 Å². The van der Waals surface area contributed by atoms with Gasteiger partial charge in [0.05, 0.1) is 24.9 Å². The molecular weight excluding hydrogens is 320 g/mol. The Morgan fingerprint density at radius 1 is 1.38 bits per heavy atom. The van der Waals surface area contributed by atoms with Gasteiger partial charge in [0.2, 0.25) is 0 Å². The molecule has 1 aromatic carbocycles. The Morgan fingerprint density at radius 3 is 2.92 bits per heavy atom. The first-order valence-corrected chi connectivity index (χ1v) is 8.82. The molecule has 0 bridgehead atoms. The van der Waals surface area contributed by atoms with Gasteiger partial charge in [-0.05, 0) is 37.6 Å². The summed E-state index contributed by atoms with van der Waals surface area (Å²) in [6.45, 7) is 5.76. The fourth-order valence-corrected chi connectivity index (χ4v) is 3.35. The fourth-order valence-electron chi connectivity index (χ4n) is 2.62. The first-order valence-electron chi connectivity index (χ1n) is 7.94. The molecule has 6 heteroatoms. The quantitative estimate of drug-likeness (QED) is 0.713. The van der Waals surface area contributed by atoms with Crippen molar-refractivity contribution in [1.29, 1.82) is 0 Å². The third kappa shape index (κ3) is 3.83. The minimum absolute atomic E-state index is 0.244. The van der Waals surface area contributed by atoms with Gasteiger partial charge in [0.1, 0.15) is 5.75 Å². The van der Waals surface area contributed by atoms with Gasteiger partial charge in [0.25, 0.3) is 0 Å². The Morgan fingerprint density at radius 2 is 2.25 bits per heavy atom. The molecule has 24 heavy (non-hydrogen) atoms. The molecule has 1 atom stereocenters. The number of nitrogens with zero attached hydrogens (tertiary/aromatic N) is 3. The van der Waals surface area contributed by atoms with E-state index in [4.69, 9.17) is 4.74 Å². The lowest BCUT2D eigenvalue weighted by Crippen LogP contribution is -2.18. The number of benzene rings is 1. The SMILES string of the molecule is COc1ccc(C(C)NCc2scnc2C)cc1Cn1cccn1. The van der Waals surface area contributed by atoms with E-state index >= 15 is 0 Å². The molecule has 2 heterocycles. The number of aromatic nitrogens is 3. The van der Waals surface area contributed by atoms with Crippen LogP contribution in [0.4, 0.5) is 0 Å². The zero-order valence-electron chi connectivity index (χ0n) is 14.2. The summed E-state index contributed by atoms with van der Waals surface area (Å²) in [6.07, 6.45) is 3.75. The lowest BCUT2D eigenvalue weighted by molar-refractivity contribution is 0.406. The molecular formula is C18H22N4OS. The highest BCUT2D eigenvalue weighted by atomic mass is 32.1. The van der Waals surface area contributed by atoms with Crippen LogP contribution in [0.1, 0.15) is 34.7 Å². The highest BCUT2D eigenvalue weighted by molar-refractivity contribution is 7.09. The fraction of sp³-hybridized carbons (Fsp3) is 0.333. The minimum Gasteiger partial charge on any atom is -0.496 e. The van der Waals surface area contributed by atoms with Crippen molar-refractivity contribution in [2.45, 2.75) is 33.0 Å². The normalized spacial score (nSPS) is 12.3. The van der Waals surface area contributed by atoms with E-state index in [1.165, 1.54) is 10.4 Å². The Labute approximate surface area is 146 Å². The first kappa shape index (κ1) is 16.7. The Kier molecular flexibility index (Phi) is 5.27. The van der Waals surface area contributed by atoms with E-state index in [-0.39, 0.29) is 6.04 Å². The monoisotopic (exact) mass is 342 g/mol. The van der Waals surface area contributed by atoms with Crippen LogP contribution in [0.15, 0.2) is 42.2 Å². The summed E-state index contributed by atoms with van der Waals surface area (Å²) in [6, 6.07) is 8.51. The van der Waals surface area contributed by atoms with Crippen molar-refractivity contribution in [3.8, 4) is 5.75 Å². The molecule has 0 saturated carbocycles. The van der Waals surface area contributed by atoms with Crippen molar-refractivity contribution in [3.05, 3.63) is 63.9 Å². The molecule has 3 aromatic rings. The van der Waals surface area contributed by atoms with Crippen LogP contribution in [0.2, 0.25) is 0 Å². The van der Waals surface area contributed by atoms with E-state index in [9.17, 15) is 0 Å². The standard InChI is InChI=1S/C18H22N4OS/c1-13(19-10-18-14(2)20-12-24-18)15-5-6-17(23-3)16(9-15)11-22-8-4-7-21-22/h4-9,12-13,19H,10-11H2,1-3H3. The molecule has 5 nitrogen and oxygen atoms in total. The molecule has 0 aliphatic heterocycles. The van der Waals surface area contributed by atoms with Gasteiger partial charge < -0.3 is 10.1 Å². The average molecular weight is 342 g/mol. The van der Waals surface area contributed by atoms with E-state index in [2.05, 4.69) is 34.5 Å². The second-order valence-electron chi connectivity index (χ2n) is 5.74. The molecule has 0 saturated heterocycles. The second kappa shape index (κ2) is 7.59. The maximum atomic E-state index is 5.50. The molecule has 0 aliphatic rings. The number of methoxy groups -OCH3 is 1. The van der Waals surface area contributed by atoms with E-state index in [0.717, 1.165) is 23.6 Å². The summed E-state index contributed by atoms with van der Waals surface area (Å²) < 4.78 is 7.40. The second-order valence-corrected chi connectivity index (χ2v) is 6.68. The summed E-state index contributed by atoms with van der Waals surface area (Å²) in [5.41, 5.74) is 5.36. The number of thiazole rings is 1. The number of hydrogen-bond acceptors (Lipinski definition) is 5. The lowest BCUT2D eigenvalue weighted by atomic mass is 10.0. The lowest BCUT2D eigenvalue weighted by Gasteiger charge is -2.17. The highest BCUT2D eigenvalue weighted by Gasteiger charge is 2.11. The van der Waals surface area contributed by atoms with E-state index < -0.39 is 0 Å². The van der Waals surface area contributed by atoms with Gasteiger partial charge in [0.15, 0.2) is 0 Å². The van der Waals surface area contributed by atoms with Crippen LogP contribution in [-0.4, -0.2) is 21.9 Å². The molecule has 0 spiro atoms. The summed E-state index contributed by atoms with van der Waals surface area (Å²) in [4.78, 5) is 5.58. The maximum absolute atomic E-state index is 5.50. The van der Waals surface area contributed by atoms with Gasteiger partial charge in [-0.2, -0.15) is 5.10 Å². The number of hydrogen-bond donors (Lipinski definition) is 1. The van der Waals surface area contributed by atoms with Crippen LogP contribution in [0.5, 0.6) is 5.75 Å². The van der Waals surface area contributed by atoms with Crippen LogP contribution < -0.4 is 10.1 Å². The molecule has 126 valence electrons. The number of rotatable bonds is 7. The predicted molar refractivity (Wildman–Crippen MR) is 96.4 cm³/mol. The van der Waals surface area contributed by atoms with E-state index in [0.29, 0.717) is 6.54 Å². The maximum Gasteiger partial charge on any atom is 0.123 e. The molecule has 0 radical (unpaired) electrons. The summed E-state index contributed by atoms with van der Waals surface area (Å²) >= 11 is 1.69. The number of nitrogens with one attached hydrogen (secondary N) is 1. The van der Waals surface area contributed by atoms with Crippen molar-refractivity contribution in [2.75, 3.05) is 7.11 Å². The Hall–Kier alpha value is -2.18. The topological polar surface area (TPSA) is 52.0 Å². The average Bonchev–Trinajstić information content (AvgIpc) is 3.24. The summed E-state index contributed by atoms with van der Waals surface area (Å²) in [5.74, 6) is 0.889. The molecule has 1 unspecified atom stereocenters. The van der Waals surface area contributed by atoms with Crippen LogP contribution in [0.3, 0.4) is 0 Å². The smallest absolute Gasteiger partial charge is 0.123 e. The molecule has 0 amide bonds. The van der Waals surface area contributed by atoms with Gasteiger partial charge in [0, 0.05) is 35.4 Å². The summed E-state index contributed by atoms with van der Waals surface area (Å²) in [5, 5.41) is 7.85. The predicted octanol–water partition coefficient (Wildman–Crippen LogP) is 3.56. The first-order chi connectivity index (χ1) is 11.7. The minimum atomic E-state index is 0.244. The van der Waals surface area contributed by atoms with Crippen LogP contribution >= 0.6 is 11.3 Å². The van der Waals surface area contributed by atoms with E-state index in [1.54, 1.807) is 24.6 Å². The van der Waals surface area contributed by atoms with Crippen molar-refractivity contribution in [3.63, 3.8) is 0 Å². The highest BCUT2D eigenvalue weighted by Crippen LogP contribution is 2.24. The van der Waals surface area contributed by atoms with Crippen molar-refractivity contribution in [2.24, 2.45) is 0 Å². The third-order valence-electron chi connectivity index (χ3n) is 4.11. The van der Waals surface area contributed by atoms with Gasteiger partial charge in [-0.25, -0.2) is 4.98 Å². The molecule has 3 rings (SSSR count). The summed E-state index contributed by atoms with van der Waals surface area (Å²) in [7, 11) is 1.70. The largest absolute Gasteiger partial charge is 0.496 e. The number of aryl methyl sites for hydroxylation is 1. The molecule has 0 aliphatic carbocycles. The van der Waals surface area contributed by atoms with Gasteiger partial charge in [-0.15, -0.1) is 11.3 Å². The Balaban J connectivity index is 1.73. The molecule has 2 aromatic heterocycles. The Bertz CT molecular complexity index is 782. The van der Waals surface area contributed by atoms with Crippen molar-refractivity contribution >= 4 is 11.3 Å². The zero-order chi connectivity index (χ0) is 16.9. The van der Waals surface area contributed by atoms with Gasteiger partial charge in [-0.1, -0.05) is 6.07 Å². The number of ether oxygens (including phenoxy) is 1. The van der Waals surface area contributed by atoms with Gasteiger partial charge >= 0.3 is 0 Å². The van der Waals surface area contributed by atoms with Crippen molar-refractivity contribution in [1.82, 2.24) is 20.1 Å². The van der Waals surface area contributed by atoms with E-state index in [1.807, 2.05) is 35.4 Å².